The van der Waals surface area contributed by atoms with E-state index in [0.717, 1.165) is 36.3 Å². The number of carbonyl (C=O) groups excluding carboxylic acids is 17. The summed E-state index contributed by atoms with van der Waals surface area (Å²) in [4.78, 5) is 257. The average molecular weight is 1790 g/mol. The molecule has 0 aliphatic carbocycles. The van der Waals surface area contributed by atoms with Gasteiger partial charge in [0.1, 0.15) is 78.3 Å². The van der Waals surface area contributed by atoms with Gasteiger partial charge in [-0.05, 0) is 92.3 Å². The molecular weight excluding hydrogens is 1670 g/mol. The molecular formula is C86H120N18O22S. The number of phenolic OH excluding ortho intramolecular Hbond substituents is 1. The highest BCUT2D eigenvalue weighted by molar-refractivity contribution is 8.00. The number of Topliss-reactive ketones (excluding diaryl/α,β-unsaturated/α-hetero) is 1. The SMILES string of the molecule is CCCC[C@H]1C(=O)N(C)[C@@H](CCCC)C(=O)N[C@@H](CO)C(=O)N[C@H](C(=O)NCC(N)=O)CSCC(=O)N[C@@H](Cc2ccc(O)cc2)C(=O)N(C)[C@@H](C)C(=O)N[C@@H](CC(N)=O)C(=O)N2CCC[C@H]2C(=O)N[C@@H](CO)C(=O)N[C@@H](CC(C)C)C(=O)N2C[C@H](O)C[C@H]2C(=O)C[C@@H](Cc2c[nH]c3ccccc23)C(=O)N[C@@H](CO)C(=O)N[C@@H](Cc2c[nH]c3ccccc23)C(=O)N1C. The van der Waals surface area contributed by atoms with E-state index in [1.165, 1.54) is 52.3 Å². The smallest absolute Gasteiger partial charge is 0.246 e. The van der Waals surface area contributed by atoms with Gasteiger partial charge in [0.05, 0.1) is 50.7 Å². The number of primary amides is 2. The van der Waals surface area contributed by atoms with E-state index in [1.807, 2.05) is 6.92 Å². The van der Waals surface area contributed by atoms with Crippen molar-refractivity contribution in [1.29, 1.82) is 0 Å². The van der Waals surface area contributed by atoms with Crippen molar-refractivity contribution in [2.24, 2.45) is 23.3 Å². The molecule has 5 heterocycles. The second-order valence-corrected chi connectivity index (χ2v) is 33.9. The van der Waals surface area contributed by atoms with E-state index in [1.54, 1.807) is 81.7 Å². The Bertz CT molecular complexity index is 4780. The number of carbonyl (C=O) groups is 17. The molecule has 3 aliphatic rings. The second kappa shape index (κ2) is 47.5. The number of aromatic hydroxyl groups is 1. The third kappa shape index (κ3) is 27.2. The van der Waals surface area contributed by atoms with Crippen molar-refractivity contribution in [3.8, 4) is 5.75 Å². The number of benzene rings is 3. The van der Waals surface area contributed by atoms with E-state index in [2.05, 4.69) is 57.8 Å². The lowest BCUT2D eigenvalue weighted by molar-refractivity contribution is -0.149. The molecule has 40 nitrogen and oxygen atoms in total. The van der Waals surface area contributed by atoms with Gasteiger partial charge in [0.25, 0.3) is 0 Å². The highest BCUT2D eigenvalue weighted by Crippen LogP contribution is 2.30. The van der Waals surface area contributed by atoms with Crippen LogP contribution in [0.1, 0.15) is 128 Å². The maximum atomic E-state index is 15.6. The number of aliphatic hydroxyl groups is 4. The summed E-state index contributed by atoms with van der Waals surface area (Å²) in [5, 5.41) is 78.2. The molecule has 692 valence electrons. The summed E-state index contributed by atoms with van der Waals surface area (Å²) >= 11 is 0.723. The number of phenols is 1. The molecule has 5 aromatic rings. The number of thioether (sulfide) groups is 1. The molecule has 16 amide bonds. The van der Waals surface area contributed by atoms with E-state index in [9.17, 15) is 78.3 Å². The van der Waals surface area contributed by atoms with Crippen LogP contribution in [0, 0.1) is 11.8 Å². The number of hydrogen-bond acceptors (Lipinski definition) is 23. The first-order chi connectivity index (χ1) is 60.4. The normalized spacial score (nSPS) is 25.7. The van der Waals surface area contributed by atoms with Gasteiger partial charge >= 0.3 is 0 Å². The summed E-state index contributed by atoms with van der Waals surface area (Å²) in [6.45, 7) is 3.73. The Balaban J connectivity index is 1.16. The van der Waals surface area contributed by atoms with Crippen LogP contribution in [0.3, 0.4) is 0 Å². The van der Waals surface area contributed by atoms with Crippen molar-refractivity contribution >= 4 is 134 Å². The first kappa shape index (κ1) is 100. The predicted octanol–water partition coefficient (Wildman–Crippen LogP) is -3.08. The molecule has 3 saturated heterocycles. The van der Waals surface area contributed by atoms with Gasteiger partial charge in [-0.2, -0.15) is 0 Å². The van der Waals surface area contributed by atoms with Gasteiger partial charge < -0.3 is 119 Å². The quantitative estimate of drug-likeness (QED) is 0.0327. The number of aromatic nitrogens is 2. The number of nitrogens with two attached hydrogens (primary N) is 2. The first-order valence-corrected chi connectivity index (χ1v) is 43.7. The molecule has 0 saturated carbocycles. The monoisotopic (exact) mass is 1790 g/mol. The fraction of sp³-hybridized carbons (Fsp3) is 0.547. The number of ketones is 1. The topological polar surface area (TPSA) is 599 Å². The molecule has 20 N–H and O–H groups in total. The number of aliphatic hydroxyl groups excluding tert-OH is 4. The van der Waals surface area contributed by atoms with Crippen molar-refractivity contribution < 1.29 is 107 Å². The minimum atomic E-state index is -1.86. The molecule has 3 aromatic carbocycles. The van der Waals surface area contributed by atoms with E-state index < -0.39 is 248 Å². The Morgan fingerprint density at radius 3 is 1.63 bits per heavy atom. The van der Waals surface area contributed by atoms with E-state index in [-0.39, 0.29) is 76.0 Å². The van der Waals surface area contributed by atoms with Crippen LogP contribution in [0.15, 0.2) is 85.2 Å². The Morgan fingerprint density at radius 2 is 1.06 bits per heavy atom. The lowest BCUT2D eigenvalue weighted by Gasteiger charge is -2.36. The third-order valence-corrected chi connectivity index (χ3v) is 24.1. The molecule has 15 atom stereocenters. The predicted molar refractivity (Wildman–Crippen MR) is 464 cm³/mol. The molecule has 0 spiro atoms. The Morgan fingerprint density at radius 1 is 0.543 bits per heavy atom. The molecule has 0 unspecified atom stereocenters. The summed E-state index contributed by atoms with van der Waals surface area (Å²) in [5.74, 6) is -19.5. The van der Waals surface area contributed by atoms with Crippen molar-refractivity contribution in [3.63, 3.8) is 0 Å². The lowest BCUT2D eigenvalue weighted by Crippen LogP contribution is -2.61. The standard InChI is InChI=1S/C86H120N18O22S/c1-9-11-22-66-80(120)97-64(43-107)79(119)99-65(76(116)91-39-72(88)112)44-127-45-73(113)92-59(31-48-25-27-52(108)28-26-48)82(122)100(6)47(5)74(114)93-61(36-71(87)111)84(124)103-29-17-24-67(103)81(121)98-63(42-106)78(118)94-58(30-46(3)4)85(125)104-40-53(109)35-69(104)70(110)34-49(32-50-37-89-56-20-15-13-18-54(50)56)75(115)96-62(41-105)77(117)95-60(33-51-38-90-57-21-16-14-19-55(51)57)83(123)102(8)68(23-12-10-2)86(126)101(66)7/h13-16,18-21,25-28,37-38,46-47,49,53,58-69,89-90,105-109H,9-12,17,22-24,29-36,39-45H2,1-8H3,(H2,87,111)(H2,88,112)(H,91,116)(H,92,113)(H,93,114)(H,94,118)(H,95,117)(H,96,115)(H,97,120)(H,98,121)(H,99,119)/t47-,49+,53+,58-,59-,60-,61-,62-,63-,64-,65-,66-,67-,68-,69-/m0/s1. The maximum Gasteiger partial charge on any atom is 0.246 e. The number of para-hydroxylation sites is 2. The minimum Gasteiger partial charge on any atom is -0.508 e. The summed E-state index contributed by atoms with van der Waals surface area (Å²) < 4.78 is 0. The number of likely N-dealkylation sites (N-methyl/N-ethyl adjacent to an activating group) is 3. The van der Waals surface area contributed by atoms with Gasteiger partial charge in [-0.15, -0.1) is 11.8 Å². The number of aromatic amines is 2. The first-order valence-electron chi connectivity index (χ1n) is 42.6. The molecule has 41 heteroatoms. The fourth-order valence-electron chi connectivity index (χ4n) is 15.8. The van der Waals surface area contributed by atoms with Crippen LogP contribution >= 0.6 is 11.8 Å². The van der Waals surface area contributed by atoms with Gasteiger partial charge in [-0.3, -0.25) is 81.5 Å². The van der Waals surface area contributed by atoms with Crippen molar-refractivity contribution in [3.05, 3.63) is 102 Å². The molecule has 3 aliphatic heterocycles. The number of fused-ring (bicyclic) bond motifs is 4. The number of unbranched alkanes of at least 4 members (excludes halogenated alkanes) is 2. The van der Waals surface area contributed by atoms with Crippen LogP contribution < -0.4 is 59.3 Å². The summed E-state index contributed by atoms with van der Waals surface area (Å²) in [7, 11) is 3.82. The molecule has 8 rings (SSSR count). The van der Waals surface area contributed by atoms with Gasteiger partial charge in [0.2, 0.25) is 94.5 Å². The summed E-state index contributed by atoms with van der Waals surface area (Å²) in [5.41, 5.74) is 13.7. The maximum absolute atomic E-state index is 15.6. The van der Waals surface area contributed by atoms with Gasteiger partial charge in [-0.1, -0.05) is 102 Å². The average Bonchev–Trinajstić information content (AvgIpc) is 1.72. The minimum absolute atomic E-state index is 0.0153. The Kier molecular flexibility index (Phi) is 37.5. The second-order valence-electron chi connectivity index (χ2n) is 32.9. The number of amides is 16. The molecule has 2 aromatic heterocycles. The van der Waals surface area contributed by atoms with Crippen LogP contribution in [0.4, 0.5) is 0 Å². The number of nitrogens with zero attached hydrogens (tertiary/aromatic N) is 5. The summed E-state index contributed by atoms with van der Waals surface area (Å²) in [6, 6.07) is -1.21. The van der Waals surface area contributed by atoms with Crippen LogP contribution in [-0.2, 0) is 101 Å². The Hall–Kier alpha value is -12.1. The largest absolute Gasteiger partial charge is 0.508 e. The van der Waals surface area contributed by atoms with E-state index in [4.69, 9.17) is 11.5 Å². The summed E-state index contributed by atoms with van der Waals surface area (Å²) in [6.07, 6.45) is 0.824. The zero-order valence-corrected chi connectivity index (χ0v) is 73.4. The number of nitrogens with one attached hydrogen (secondary N) is 11. The van der Waals surface area contributed by atoms with Gasteiger partial charge in [0, 0.05) is 106 Å². The third-order valence-electron chi connectivity index (χ3n) is 23.0. The zero-order chi connectivity index (χ0) is 93.2. The van der Waals surface area contributed by atoms with Crippen LogP contribution in [0.2, 0.25) is 0 Å². The Labute approximate surface area is 738 Å². The lowest BCUT2D eigenvalue weighted by atomic mass is 9.90. The van der Waals surface area contributed by atoms with Gasteiger partial charge in [-0.25, -0.2) is 0 Å². The van der Waals surface area contributed by atoms with Crippen molar-refractivity contribution in [2.45, 2.75) is 216 Å². The van der Waals surface area contributed by atoms with Gasteiger partial charge in [0.15, 0.2) is 5.78 Å². The van der Waals surface area contributed by atoms with Crippen LogP contribution in [-0.4, -0.2) is 317 Å². The van der Waals surface area contributed by atoms with Crippen LogP contribution in [0.25, 0.3) is 21.8 Å². The van der Waals surface area contributed by atoms with E-state index >= 15 is 28.8 Å². The highest BCUT2D eigenvalue weighted by atomic mass is 32.2. The number of hydrogen-bond donors (Lipinski definition) is 18. The van der Waals surface area contributed by atoms with Crippen LogP contribution in [0.5, 0.6) is 5.75 Å². The number of H-pyrrole nitrogens is 2. The molecule has 127 heavy (non-hydrogen) atoms. The highest BCUT2D eigenvalue weighted by Gasteiger charge is 2.47. The van der Waals surface area contributed by atoms with E-state index in [0.29, 0.717) is 64.2 Å². The molecule has 0 radical (unpaired) electrons. The number of rotatable bonds is 22. The van der Waals surface area contributed by atoms with Crippen molar-refractivity contribution in [1.82, 2.24) is 82.3 Å². The molecule has 3 fully saturated rings. The fourth-order valence-corrected chi connectivity index (χ4v) is 16.7. The van der Waals surface area contributed by atoms with Crippen molar-refractivity contribution in [2.75, 3.05) is 72.1 Å². The zero-order valence-electron chi connectivity index (χ0n) is 72.6. The molecule has 0 bridgehead atoms.